The van der Waals surface area contributed by atoms with Crippen LogP contribution in [0.2, 0.25) is 0 Å². The highest BCUT2D eigenvalue weighted by molar-refractivity contribution is 5.67. The Morgan fingerprint density at radius 1 is 1.29 bits per heavy atom. The topological polar surface area (TPSA) is 40.5 Å². The first-order valence-electron chi connectivity index (χ1n) is 8.00. The summed E-state index contributed by atoms with van der Waals surface area (Å²) in [6.07, 6.45) is 2.43. The molecule has 3 nitrogen and oxygen atoms in total. The van der Waals surface area contributed by atoms with Gasteiger partial charge in [-0.2, -0.15) is 0 Å². The molecule has 1 fully saturated rings. The van der Waals surface area contributed by atoms with Gasteiger partial charge in [-0.3, -0.25) is 9.69 Å². The van der Waals surface area contributed by atoms with Gasteiger partial charge in [0, 0.05) is 19.0 Å². The Balaban J connectivity index is 1.94. The van der Waals surface area contributed by atoms with Crippen LogP contribution < -0.4 is 0 Å². The van der Waals surface area contributed by atoms with Crippen LogP contribution in [0.5, 0.6) is 0 Å². The molecule has 3 heteroatoms. The van der Waals surface area contributed by atoms with Gasteiger partial charge in [-0.1, -0.05) is 38.1 Å². The molecule has 0 amide bonds. The molecule has 0 aliphatic carbocycles. The Labute approximate surface area is 128 Å². The van der Waals surface area contributed by atoms with Gasteiger partial charge in [0.05, 0.1) is 0 Å². The summed E-state index contributed by atoms with van der Waals surface area (Å²) in [5.74, 6) is 0.321. The number of likely N-dealkylation sites (tertiary alicyclic amines) is 1. The highest BCUT2D eigenvalue weighted by atomic mass is 16.4. The number of carbonyl (C=O) groups is 1. The molecule has 0 spiro atoms. The van der Waals surface area contributed by atoms with Crippen LogP contribution in [0.25, 0.3) is 0 Å². The van der Waals surface area contributed by atoms with Crippen LogP contribution in [0.15, 0.2) is 24.3 Å². The van der Waals surface area contributed by atoms with Crippen molar-refractivity contribution in [2.45, 2.75) is 46.1 Å². The quantitative estimate of drug-likeness (QED) is 0.867. The van der Waals surface area contributed by atoms with Crippen molar-refractivity contribution < 1.29 is 9.90 Å². The zero-order valence-corrected chi connectivity index (χ0v) is 13.4. The number of hydrogen-bond donors (Lipinski definition) is 1. The number of carboxylic acids is 1. The molecular weight excluding hydrogens is 262 g/mol. The van der Waals surface area contributed by atoms with Crippen LogP contribution in [0.1, 0.15) is 50.8 Å². The van der Waals surface area contributed by atoms with Gasteiger partial charge in [0.2, 0.25) is 0 Å². The van der Waals surface area contributed by atoms with E-state index in [0.717, 1.165) is 25.9 Å². The lowest BCUT2D eigenvalue weighted by Crippen LogP contribution is -2.25. The summed E-state index contributed by atoms with van der Waals surface area (Å²) in [6, 6.07) is 9.30. The second-order valence-electron chi connectivity index (χ2n) is 6.76. The van der Waals surface area contributed by atoms with E-state index in [1.54, 1.807) is 0 Å². The maximum absolute atomic E-state index is 10.8. The standard InChI is InChI=1S/C18H27NO2/c1-13(2)10-15-4-6-17(7-5-15)14(3)19-9-8-16(12-19)11-18(20)21/h4-7,13-14,16H,8-12H2,1-3H3,(H,20,21). The fourth-order valence-corrected chi connectivity index (χ4v) is 3.24. The Kier molecular flexibility index (Phi) is 5.40. The molecule has 1 aromatic rings. The molecule has 1 saturated heterocycles. The molecule has 1 N–H and O–H groups in total. The van der Waals surface area contributed by atoms with E-state index in [2.05, 4.69) is 49.9 Å². The number of benzene rings is 1. The van der Waals surface area contributed by atoms with Crippen molar-refractivity contribution in [1.29, 1.82) is 0 Å². The Morgan fingerprint density at radius 3 is 2.52 bits per heavy atom. The van der Waals surface area contributed by atoms with Crippen molar-refractivity contribution in [2.24, 2.45) is 11.8 Å². The average molecular weight is 289 g/mol. The summed E-state index contributed by atoms with van der Waals surface area (Å²) >= 11 is 0. The molecule has 0 saturated carbocycles. The highest BCUT2D eigenvalue weighted by Crippen LogP contribution is 2.29. The fourth-order valence-electron chi connectivity index (χ4n) is 3.24. The lowest BCUT2D eigenvalue weighted by molar-refractivity contribution is -0.138. The van der Waals surface area contributed by atoms with Crippen LogP contribution in [-0.4, -0.2) is 29.1 Å². The Bertz CT molecular complexity index is 467. The van der Waals surface area contributed by atoms with Crippen molar-refractivity contribution in [3.05, 3.63) is 35.4 Å². The molecule has 1 aliphatic heterocycles. The molecular formula is C18H27NO2. The van der Waals surface area contributed by atoms with Crippen LogP contribution >= 0.6 is 0 Å². The van der Waals surface area contributed by atoms with E-state index in [1.165, 1.54) is 11.1 Å². The first kappa shape index (κ1) is 16.0. The lowest BCUT2D eigenvalue weighted by Gasteiger charge is -2.25. The van der Waals surface area contributed by atoms with E-state index in [0.29, 0.717) is 24.3 Å². The normalized spacial score (nSPS) is 20.9. The number of aliphatic carboxylic acids is 1. The van der Waals surface area contributed by atoms with Gasteiger partial charge >= 0.3 is 5.97 Å². The molecule has 2 rings (SSSR count). The largest absolute Gasteiger partial charge is 0.481 e. The third kappa shape index (κ3) is 4.57. The van der Waals surface area contributed by atoms with Crippen molar-refractivity contribution in [2.75, 3.05) is 13.1 Å². The lowest BCUT2D eigenvalue weighted by atomic mass is 9.99. The molecule has 1 aromatic carbocycles. The Morgan fingerprint density at radius 2 is 1.95 bits per heavy atom. The van der Waals surface area contributed by atoms with Gasteiger partial charge in [-0.05, 0) is 49.3 Å². The van der Waals surface area contributed by atoms with Gasteiger partial charge < -0.3 is 5.11 Å². The minimum absolute atomic E-state index is 0.302. The fraction of sp³-hybridized carbons (Fsp3) is 0.611. The van der Waals surface area contributed by atoms with Crippen LogP contribution in [0, 0.1) is 11.8 Å². The molecule has 0 radical (unpaired) electrons. The number of rotatable bonds is 6. The Hall–Kier alpha value is -1.35. The second-order valence-corrected chi connectivity index (χ2v) is 6.76. The molecule has 2 unspecified atom stereocenters. The summed E-state index contributed by atoms with van der Waals surface area (Å²) in [5.41, 5.74) is 2.73. The molecule has 1 aliphatic rings. The summed E-state index contributed by atoms with van der Waals surface area (Å²) in [4.78, 5) is 13.2. The van der Waals surface area contributed by atoms with E-state index in [9.17, 15) is 4.79 Å². The van der Waals surface area contributed by atoms with Crippen LogP contribution in [0.4, 0.5) is 0 Å². The van der Waals surface area contributed by atoms with E-state index >= 15 is 0 Å². The summed E-state index contributed by atoms with van der Waals surface area (Å²) in [5, 5.41) is 8.90. The molecule has 0 aromatic heterocycles. The molecule has 0 bridgehead atoms. The minimum atomic E-state index is -0.674. The maximum atomic E-state index is 10.8. The predicted molar refractivity (Wildman–Crippen MR) is 85.3 cm³/mol. The first-order chi connectivity index (χ1) is 9.95. The monoisotopic (exact) mass is 289 g/mol. The minimum Gasteiger partial charge on any atom is -0.481 e. The third-order valence-electron chi connectivity index (χ3n) is 4.43. The maximum Gasteiger partial charge on any atom is 0.303 e. The van der Waals surface area contributed by atoms with Gasteiger partial charge in [0.15, 0.2) is 0 Å². The van der Waals surface area contributed by atoms with E-state index in [-0.39, 0.29) is 0 Å². The smallest absolute Gasteiger partial charge is 0.303 e. The second kappa shape index (κ2) is 7.08. The van der Waals surface area contributed by atoms with Crippen molar-refractivity contribution in [1.82, 2.24) is 4.90 Å². The average Bonchev–Trinajstić information content (AvgIpc) is 2.85. The third-order valence-corrected chi connectivity index (χ3v) is 4.43. The highest BCUT2D eigenvalue weighted by Gasteiger charge is 2.28. The zero-order valence-electron chi connectivity index (χ0n) is 13.4. The van der Waals surface area contributed by atoms with Crippen molar-refractivity contribution in [3.63, 3.8) is 0 Å². The summed E-state index contributed by atoms with van der Waals surface area (Å²) in [7, 11) is 0. The number of carboxylic acid groups (broad SMARTS) is 1. The predicted octanol–water partition coefficient (Wildman–Crippen LogP) is 3.74. The van der Waals surface area contributed by atoms with Gasteiger partial charge in [0.1, 0.15) is 0 Å². The molecule has 2 atom stereocenters. The molecule has 1 heterocycles. The number of hydrogen-bond acceptors (Lipinski definition) is 2. The van der Waals surface area contributed by atoms with Crippen molar-refractivity contribution in [3.8, 4) is 0 Å². The SMILES string of the molecule is CC(C)Cc1ccc(C(C)N2CCC(CC(=O)O)C2)cc1. The molecule has 21 heavy (non-hydrogen) atoms. The first-order valence-corrected chi connectivity index (χ1v) is 8.00. The number of nitrogens with zero attached hydrogens (tertiary/aromatic N) is 1. The van der Waals surface area contributed by atoms with Crippen LogP contribution in [0.3, 0.4) is 0 Å². The van der Waals surface area contributed by atoms with Crippen molar-refractivity contribution >= 4 is 5.97 Å². The van der Waals surface area contributed by atoms with E-state index in [1.807, 2.05) is 0 Å². The molecule has 116 valence electrons. The van der Waals surface area contributed by atoms with Crippen LogP contribution in [-0.2, 0) is 11.2 Å². The van der Waals surface area contributed by atoms with Gasteiger partial charge in [0.25, 0.3) is 0 Å². The van der Waals surface area contributed by atoms with E-state index in [4.69, 9.17) is 5.11 Å². The van der Waals surface area contributed by atoms with E-state index < -0.39 is 5.97 Å². The summed E-state index contributed by atoms with van der Waals surface area (Å²) < 4.78 is 0. The van der Waals surface area contributed by atoms with Gasteiger partial charge in [-0.15, -0.1) is 0 Å². The zero-order chi connectivity index (χ0) is 15.4. The summed E-state index contributed by atoms with van der Waals surface area (Å²) in [6.45, 7) is 8.61. The van der Waals surface area contributed by atoms with Gasteiger partial charge in [-0.25, -0.2) is 0 Å².